The number of likely N-dealkylation sites (N-methyl/N-ethyl adjacent to an activating group) is 1. The van der Waals surface area contributed by atoms with Crippen molar-refractivity contribution in [2.75, 3.05) is 61.9 Å². The molecule has 1 fully saturated rings. The second-order valence-corrected chi connectivity index (χ2v) is 8.54. The van der Waals surface area contributed by atoms with Crippen molar-refractivity contribution in [1.82, 2.24) is 4.90 Å². The summed E-state index contributed by atoms with van der Waals surface area (Å²) in [7, 11) is 4.02. The molecule has 3 aromatic carbocycles. The van der Waals surface area contributed by atoms with Gasteiger partial charge in [0.15, 0.2) is 0 Å². The molecule has 1 saturated heterocycles. The predicted molar refractivity (Wildman–Crippen MR) is 129 cm³/mol. The molecule has 0 aliphatic carbocycles. The molecule has 1 aliphatic rings. The highest BCUT2D eigenvalue weighted by molar-refractivity contribution is 6.30. The number of nitrogens with one attached hydrogen (secondary N) is 1. The monoisotopic (exact) mass is 438 g/mol. The van der Waals surface area contributed by atoms with Crippen LogP contribution >= 0.6 is 11.6 Å². The summed E-state index contributed by atoms with van der Waals surface area (Å²) in [6.45, 7) is 3.45. The first-order chi connectivity index (χ1) is 15.0. The molecular formula is C24H27ClN4O2. The van der Waals surface area contributed by atoms with E-state index in [0.29, 0.717) is 36.0 Å². The van der Waals surface area contributed by atoms with E-state index in [2.05, 4.69) is 27.2 Å². The van der Waals surface area contributed by atoms with Crippen LogP contribution < -0.4 is 26.0 Å². The van der Waals surface area contributed by atoms with Crippen LogP contribution in [0.5, 0.6) is 0 Å². The second kappa shape index (κ2) is 9.12. The van der Waals surface area contributed by atoms with Gasteiger partial charge in [0.25, 0.3) is 10.9 Å². The lowest BCUT2D eigenvalue weighted by molar-refractivity contribution is 0.312. The average molecular weight is 439 g/mol. The number of benzene rings is 2. The van der Waals surface area contributed by atoms with E-state index in [4.69, 9.17) is 11.6 Å². The Morgan fingerprint density at radius 3 is 2.26 bits per heavy atom. The van der Waals surface area contributed by atoms with E-state index >= 15 is 0 Å². The molecule has 3 aromatic rings. The zero-order valence-electron chi connectivity index (χ0n) is 17.8. The van der Waals surface area contributed by atoms with Crippen LogP contribution in [0.15, 0.2) is 64.2 Å². The maximum Gasteiger partial charge on any atom is 0.253 e. The van der Waals surface area contributed by atoms with Crippen molar-refractivity contribution in [3.63, 3.8) is 0 Å². The summed E-state index contributed by atoms with van der Waals surface area (Å²) in [5.41, 5.74) is 2.41. The first-order valence-electron chi connectivity index (χ1n) is 10.5. The minimum atomic E-state index is -0.419. The summed E-state index contributed by atoms with van der Waals surface area (Å²) < 4.78 is 0. The van der Waals surface area contributed by atoms with E-state index < -0.39 is 5.43 Å². The summed E-state index contributed by atoms with van der Waals surface area (Å²) in [6.07, 6.45) is 0. The Kier molecular flexibility index (Phi) is 6.30. The van der Waals surface area contributed by atoms with Crippen LogP contribution in [0, 0.1) is 0 Å². The number of hydrogen-bond donors (Lipinski definition) is 1. The molecule has 31 heavy (non-hydrogen) atoms. The van der Waals surface area contributed by atoms with Crippen molar-refractivity contribution in [3.05, 3.63) is 85.6 Å². The fraction of sp³-hybridized carbons (Fsp3) is 0.333. The smallest absolute Gasteiger partial charge is 0.253 e. The highest BCUT2D eigenvalue weighted by atomic mass is 35.5. The van der Waals surface area contributed by atoms with Crippen LogP contribution in [-0.4, -0.2) is 51.7 Å². The molecule has 0 saturated carbocycles. The van der Waals surface area contributed by atoms with E-state index in [1.165, 1.54) is 0 Å². The van der Waals surface area contributed by atoms with Gasteiger partial charge in [-0.1, -0.05) is 48.0 Å². The van der Waals surface area contributed by atoms with Gasteiger partial charge in [0, 0.05) is 43.4 Å². The van der Waals surface area contributed by atoms with Gasteiger partial charge in [0.2, 0.25) is 0 Å². The van der Waals surface area contributed by atoms with Crippen molar-refractivity contribution in [2.24, 2.45) is 0 Å². The highest BCUT2D eigenvalue weighted by Gasteiger charge is 2.29. The molecule has 1 atom stereocenters. The molecule has 1 aliphatic heterocycles. The van der Waals surface area contributed by atoms with Gasteiger partial charge < -0.3 is 20.0 Å². The molecule has 1 heterocycles. The maximum atomic E-state index is 12.4. The standard InChI is InChI=1S/C24H27ClN4O2/c1-27(2)20(17-7-4-3-5-8-17)16-26-21-22(24(31)23(21)30)29-13-11-28(12-14-29)19-10-6-9-18(25)15-19/h3-10,15,20,26H,11-14,16H2,1-2H3/t20-/m1/s1. The van der Waals surface area contributed by atoms with Crippen LogP contribution in [0.3, 0.4) is 0 Å². The molecular weight excluding hydrogens is 412 g/mol. The van der Waals surface area contributed by atoms with Gasteiger partial charge in [-0.05, 0) is 37.9 Å². The molecule has 0 radical (unpaired) electrons. The molecule has 4 rings (SSSR count). The minimum Gasteiger partial charge on any atom is -0.378 e. The number of nitrogens with zero attached hydrogens (tertiary/aromatic N) is 3. The summed E-state index contributed by atoms with van der Waals surface area (Å²) >= 11 is 6.12. The van der Waals surface area contributed by atoms with Crippen molar-refractivity contribution >= 4 is 28.7 Å². The van der Waals surface area contributed by atoms with Gasteiger partial charge in [-0.15, -0.1) is 0 Å². The Labute approximate surface area is 187 Å². The van der Waals surface area contributed by atoms with Crippen LogP contribution in [0.4, 0.5) is 17.1 Å². The fourth-order valence-corrected chi connectivity index (χ4v) is 4.36. The van der Waals surface area contributed by atoms with Crippen molar-refractivity contribution < 1.29 is 0 Å². The van der Waals surface area contributed by atoms with E-state index in [0.717, 1.165) is 24.3 Å². The van der Waals surface area contributed by atoms with Gasteiger partial charge in [0.05, 0.1) is 6.04 Å². The molecule has 0 bridgehead atoms. The summed E-state index contributed by atoms with van der Waals surface area (Å²) in [4.78, 5) is 31.1. The molecule has 0 spiro atoms. The SMILES string of the molecule is CN(C)[C@H](CNc1c(N2CCN(c3cccc(Cl)c3)CC2)c(=O)c1=O)c1ccccc1. The molecule has 0 aromatic heterocycles. The first-order valence-corrected chi connectivity index (χ1v) is 10.9. The van der Waals surface area contributed by atoms with Crippen LogP contribution in [0.2, 0.25) is 5.02 Å². The Balaban J connectivity index is 1.44. The summed E-state index contributed by atoms with van der Waals surface area (Å²) in [6, 6.07) is 18.0. The first kappa shape index (κ1) is 21.4. The molecule has 7 heteroatoms. The lowest BCUT2D eigenvalue weighted by atomic mass is 10.1. The molecule has 0 amide bonds. The lowest BCUT2D eigenvalue weighted by Gasteiger charge is -2.38. The van der Waals surface area contributed by atoms with Crippen molar-refractivity contribution in [3.8, 4) is 0 Å². The Morgan fingerprint density at radius 2 is 1.61 bits per heavy atom. The summed E-state index contributed by atoms with van der Waals surface area (Å²) in [5, 5.41) is 3.98. The van der Waals surface area contributed by atoms with Gasteiger partial charge in [-0.3, -0.25) is 9.59 Å². The topological polar surface area (TPSA) is 55.9 Å². The third kappa shape index (κ3) is 4.45. The van der Waals surface area contributed by atoms with Crippen LogP contribution in [0.1, 0.15) is 11.6 Å². The minimum absolute atomic E-state index is 0.0955. The molecule has 162 valence electrons. The number of anilines is 3. The van der Waals surface area contributed by atoms with Crippen molar-refractivity contribution in [2.45, 2.75) is 6.04 Å². The normalized spacial score (nSPS) is 15.5. The highest BCUT2D eigenvalue weighted by Crippen LogP contribution is 2.26. The van der Waals surface area contributed by atoms with Gasteiger partial charge >= 0.3 is 0 Å². The zero-order valence-corrected chi connectivity index (χ0v) is 18.6. The van der Waals surface area contributed by atoms with E-state index in [1.54, 1.807) is 0 Å². The largest absolute Gasteiger partial charge is 0.378 e. The number of piperazine rings is 1. The van der Waals surface area contributed by atoms with E-state index in [9.17, 15) is 9.59 Å². The Hall–Kier alpha value is -2.83. The zero-order chi connectivity index (χ0) is 22.0. The predicted octanol–water partition coefficient (Wildman–Crippen LogP) is 2.98. The average Bonchev–Trinajstić information content (AvgIpc) is 2.79. The number of hydrogen-bond acceptors (Lipinski definition) is 6. The Morgan fingerprint density at radius 1 is 0.935 bits per heavy atom. The molecule has 6 nitrogen and oxygen atoms in total. The third-order valence-corrected chi connectivity index (χ3v) is 6.17. The van der Waals surface area contributed by atoms with E-state index in [1.807, 2.05) is 61.5 Å². The van der Waals surface area contributed by atoms with Gasteiger partial charge in [-0.25, -0.2) is 0 Å². The Bertz CT molecular complexity index is 1100. The molecule has 0 unspecified atom stereocenters. The van der Waals surface area contributed by atoms with Crippen LogP contribution in [0.25, 0.3) is 0 Å². The maximum absolute atomic E-state index is 12.4. The van der Waals surface area contributed by atoms with Gasteiger partial charge in [-0.2, -0.15) is 0 Å². The quantitative estimate of drug-likeness (QED) is 0.572. The van der Waals surface area contributed by atoms with Gasteiger partial charge in [0.1, 0.15) is 11.4 Å². The fourth-order valence-electron chi connectivity index (χ4n) is 4.18. The second-order valence-electron chi connectivity index (χ2n) is 8.11. The number of halogens is 1. The number of rotatable bonds is 7. The lowest BCUT2D eigenvalue weighted by Crippen LogP contribution is -2.51. The summed E-state index contributed by atoms with van der Waals surface area (Å²) in [5.74, 6) is 0. The van der Waals surface area contributed by atoms with Crippen molar-refractivity contribution in [1.29, 1.82) is 0 Å². The third-order valence-electron chi connectivity index (χ3n) is 5.93. The van der Waals surface area contributed by atoms with E-state index in [-0.39, 0.29) is 11.5 Å². The molecule has 1 N–H and O–H groups in total. The van der Waals surface area contributed by atoms with Crippen LogP contribution in [-0.2, 0) is 0 Å².